The van der Waals surface area contributed by atoms with Crippen molar-refractivity contribution in [1.29, 1.82) is 0 Å². The summed E-state index contributed by atoms with van der Waals surface area (Å²) in [6.45, 7) is 12.1. The molecule has 4 rings (SSSR count). The molecule has 1 heterocycles. The van der Waals surface area contributed by atoms with Gasteiger partial charge in [0.15, 0.2) is 0 Å². The fraction of sp³-hybridized carbons (Fsp3) is 0.481. The number of rotatable bonds is 8. The molecule has 0 nitrogen and oxygen atoms in total. The van der Waals surface area contributed by atoms with Gasteiger partial charge in [-0.1, -0.05) is 95.1 Å². The summed E-state index contributed by atoms with van der Waals surface area (Å²) >= 11 is 0. The van der Waals surface area contributed by atoms with E-state index < -0.39 is 8.07 Å². The van der Waals surface area contributed by atoms with E-state index in [0.717, 1.165) is 0 Å². The molecule has 0 aromatic heterocycles. The molecule has 148 valence electrons. The van der Waals surface area contributed by atoms with E-state index in [1.165, 1.54) is 56.1 Å². The first-order valence-corrected chi connectivity index (χ1v) is 14.5. The van der Waals surface area contributed by atoms with Gasteiger partial charge < -0.3 is 0 Å². The molecule has 0 N–H and O–H groups in total. The zero-order valence-corrected chi connectivity index (χ0v) is 19.5. The third-order valence-corrected chi connectivity index (χ3v) is 10.9. The summed E-state index contributed by atoms with van der Waals surface area (Å²) in [6.07, 6.45) is 9.21. The first kappa shape index (κ1) is 19.7. The molecule has 2 aromatic rings. The first-order chi connectivity index (χ1) is 13.5. The Balaban J connectivity index is 1.73. The largest absolute Gasteiger partial charge is 0.113 e. The summed E-state index contributed by atoms with van der Waals surface area (Å²) in [5.74, 6) is 0.649. The average Bonchev–Trinajstić information content (AvgIpc) is 3.15. The Labute approximate surface area is 173 Å². The van der Waals surface area contributed by atoms with E-state index in [9.17, 15) is 0 Å². The summed E-state index contributed by atoms with van der Waals surface area (Å²) in [7, 11) is -1.56. The van der Waals surface area contributed by atoms with Crippen LogP contribution < -0.4 is 5.19 Å². The summed E-state index contributed by atoms with van der Waals surface area (Å²) in [5, 5.41) is 3.48. The molecule has 28 heavy (non-hydrogen) atoms. The van der Waals surface area contributed by atoms with Crippen LogP contribution in [-0.4, -0.2) is 8.07 Å². The van der Waals surface area contributed by atoms with Crippen molar-refractivity contribution in [2.75, 3.05) is 0 Å². The van der Waals surface area contributed by atoms with Crippen molar-refractivity contribution in [2.45, 2.75) is 84.7 Å². The molecule has 2 aromatic carbocycles. The number of allylic oxidation sites excluding steroid dienone is 1. The third-order valence-electron chi connectivity index (χ3n) is 7.31. The van der Waals surface area contributed by atoms with Gasteiger partial charge in [0.1, 0.15) is 8.07 Å². The quantitative estimate of drug-likeness (QED) is 0.322. The van der Waals surface area contributed by atoms with Crippen LogP contribution in [0, 0.1) is 0 Å². The molecule has 1 atom stereocenters. The Bertz CT molecular complexity index is 899. The molecule has 1 aliphatic carbocycles. The minimum atomic E-state index is -1.56. The lowest BCUT2D eigenvalue weighted by molar-refractivity contribution is 0.662. The topological polar surface area (TPSA) is 0 Å². The van der Waals surface area contributed by atoms with Crippen LogP contribution >= 0.6 is 0 Å². The van der Waals surface area contributed by atoms with Crippen molar-refractivity contribution in [2.24, 2.45) is 0 Å². The minimum Gasteiger partial charge on any atom is -0.0655 e. The second-order valence-electron chi connectivity index (χ2n) is 9.54. The van der Waals surface area contributed by atoms with Crippen molar-refractivity contribution < 1.29 is 0 Å². The van der Waals surface area contributed by atoms with Crippen LogP contribution in [0.3, 0.4) is 0 Å². The summed E-state index contributed by atoms with van der Waals surface area (Å²) in [5.41, 5.74) is 9.54. The fourth-order valence-corrected chi connectivity index (χ4v) is 9.15. The van der Waals surface area contributed by atoms with Gasteiger partial charge in [-0.25, -0.2) is 0 Å². The van der Waals surface area contributed by atoms with Crippen LogP contribution in [0.4, 0.5) is 0 Å². The van der Waals surface area contributed by atoms with E-state index in [0.29, 0.717) is 5.92 Å². The van der Waals surface area contributed by atoms with Crippen LogP contribution in [-0.2, 0) is 6.42 Å². The number of fused-ring (bicyclic) bond motifs is 1. The molecule has 1 heteroatoms. The number of unbranched alkanes of at least 4 members (excludes halogenated alkanes) is 3. The standard InChI is InChI=1S/C27H36Si/c1-6-8-9-10-11-23-18-22-16-17-24-25(26(22)27(23)28(24,4)5)21-14-12-20(13-15-21)19(3)7-2/h12-17,19H,6-11,18H2,1-5H3. The van der Waals surface area contributed by atoms with Crippen molar-refractivity contribution in [3.63, 3.8) is 0 Å². The molecule has 0 saturated carbocycles. The number of hydrogen-bond donors (Lipinski definition) is 0. The minimum absolute atomic E-state index is 0.649. The monoisotopic (exact) mass is 388 g/mol. The van der Waals surface area contributed by atoms with Crippen molar-refractivity contribution >= 4 is 18.5 Å². The summed E-state index contributed by atoms with van der Waals surface area (Å²) in [4.78, 5) is 0. The maximum Gasteiger partial charge on any atom is 0.113 e. The maximum atomic E-state index is 2.59. The molecule has 0 saturated heterocycles. The van der Waals surface area contributed by atoms with Gasteiger partial charge in [0, 0.05) is 0 Å². The van der Waals surface area contributed by atoms with Crippen LogP contribution in [0.25, 0.3) is 16.3 Å². The second kappa shape index (κ2) is 7.67. The zero-order chi connectivity index (χ0) is 19.9. The highest BCUT2D eigenvalue weighted by atomic mass is 28.3. The predicted molar refractivity (Wildman–Crippen MR) is 127 cm³/mol. The summed E-state index contributed by atoms with van der Waals surface area (Å²) < 4.78 is 0. The van der Waals surface area contributed by atoms with Crippen LogP contribution in [0.1, 0.15) is 81.9 Å². The number of benzene rings is 2. The molecule has 0 amide bonds. The maximum absolute atomic E-state index is 2.59. The molecule has 1 unspecified atom stereocenters. The lowest BCUT2D eigenvalue weighted by atomic mass is 9.93. The second-order valence-corrected chi connectivity index (χ2v) is 13.8. The molecule has 0 spiro atoms. The Morgan fingerprint density at radius 1 is 0.893 bits per heavy atom. The SMILES string of the molecule is CCCCCCC1=C2c3c(ccc(c3-c3ccc(C(C)CC)cc3)[Si]2(C)C)C1. The zero-order valence-electron chi connectivity index (χ0n) is 18.5. The Morgan fingerprint density at radius 2 is 1.64 bits per heavy atom. The molecule has 2 aliphatic rings. The van der Waals surface area contributed by atoms with E-state index in [1.54, 1.807) is 32.6 Å². The van der Waals surface area contributed by atoms with Gasteiger partial charge in [-0.3, -0.25) is 0 Å². The summed E-state index contributed by atoms with van der Waals surface area (Å²) in [6, 6.07) is 14.5. The van der Waals surface area contributed by atoms with Crippen LogP contribution in [0.2, 0.25) is 13.1 Å². The van der Waals surface area contributed by atoms with Gasteiger partial charge in [0.05, 0.1) is 0 Å². The van der Waals surface area contributed by atoms with Gasteiger partial charge >= 0.3 is 0 Å². The Morgan fingerprint density at radius 3 is 2.32 bits per heavy atom. The first-order valence-electron chi connectivity index (χ1n) is 11.5. The average molecular weight is 389 g/mol. The third kappa shape index (κ3) is 3.12. The van der Waals surface area contributed by atoms with Gasteiger partial charge in [0.2, 0.25) is 0 Å². The lowest BCUT2D eigenvalue weighted by Gasteiger charge is -2.22. The molecule has 2 bridgehead atoms. The Hall–Kier alpha value is -1.60. The predicted octanol–water partition coefficient (Wildman–Crippen LogP) is 7.62. The normalized spacial score (nSPS) is 17.5. The van der Waals surface area contributed by atoms with Crippen LogP contribution in [0.15, 0.2) is 42.0 Å². The molecular weight excluding hydrogens is 352 g/mol. The van der Waals surface area contributed by atoms with Crippen LogP contribution in [0.5, 0.6) is 0 Å². The fourth-order valence-electron chi connectivity index (χ4n) is 5.48. The van der Waals surface area contributed by atoms with Gasteiger partial charge in [-0.05, 0) is 69.8 Å². The van der Waals surface area contributed by atoms with Crippen molar-refractivity contribution in [3.8, 4) is 11.1 Å². The molecule has 0 radical (unpaired) electrons. The van der Waals surface area contributed by atoms with E-state index in [-0.39, 0.29) is 0 Å². The van der Waals surface area contributed by atoms with E-state index in [1.807, 2.05) is 0 Å². The molecular formula is C27H36Si. The smallest absolute Gasteiger partial charge is 0.0655 e. The van der Waals surface area contributed by atoms with Gasteiger partial charge in [-0.2, -0.15) is 0 Å². The van der Waals surface area contributed by atoms with E-state index in [4.69, 9.17) is 0 Å². The lowest BCUT2D eigenvalue weighted by Crippen LogP contribution is -2.39. The van der Waals surface area contributed by atoms with E-state index >= 15 is 0 Å². The Kier molecular flexibility index (Phi) is 5.40. The van der Waals surface area contributed by atoms with E-state index in [2.05, 4.69) is 70.3 Å². The van der Waals surface area contributed by atoms with Crippen molar-refractivity contribution in [1.82, 2.24) is 0 Å². The highest BCUT2D eigenvalue weighted by Crippen LogP contribution is 2.50. The molecule has 1 aliphatic heterocycles. The van der Waals surface area contributed by atoms with Gasteiger partial charge in [-0.15, -0.1) is 0 Å². The van der Waals surface area contributed by atoms with Crippen molar-refractivity contribution in [3.05, 3.63) is 58.7 Å². The molecule has 0 fully saturated rings. The van der Waals surface area contributed by atoms with Gasteiger partial charge in [0.25, 0.3) is 0 Å². The highest BCUT2D eigenvalue weighted by molar-refractivity contribution is 7.07. The number of hydrogen-bond acceptors (Lipinski definition) is 0. The highest BCUT2D eigenvalue weighted by Gasteiger charge is 2.45.